The van der Waals surface area contributed by atoms with Crippen molar-refractivity contribution in [1.82, 2.24) is 5.32 Å². The van der Waals surface area contributed by atoms with Gasteiger partial charge in [0.15, 0.2) is 0 Å². The maximum absolute atomic E-state index is 12.9. The number of hydrogen-bond acceptors (Lipinski definition) is 5. The number of nitrogens with one attached hydrogen (secondary N) is 2. The van der Waals surface area contributed by atoms with Crippen LogP contribution in [0.25, 0.3) is 0 Å². The number of esters is 1. The van der Waals surface area contributed by atoms with Crippen LogP contribution >= 0.6 is 0 Å². The Kier molecular flexibility index (Phi) is 5.93. The third-order valence-corrected chi connectivity index (χ3v) is 4.78. The molecule has 0 radical (unpaired) electrons. The van der Waals surface area contributed by atoms with Crippen LogP contribution < -0.4 is 10.0 Å². The molecule has 9 heteroatoms. The van der Waals surface area contributed by atoms with Gasteiger partial charge in [-0.15, -0.1) is 0 Å². The Labute approximate surface area is 150 Å². The first-order valence-electron chi connectivity index (χ1n) is 7.50. The summed E-state index contributed by atoms with van der Waals surface area (Å²) in [5.74, 6) is -1.74. The molecular formula is C17H17FN2O5S. The summed E-state index contributed by atoms with van der Waals surface area (Å²) in [4.78, 5) is 23.4. The Morgan fingerprint density at radius 2 is 1.77 bits per heavy atom. The second-order valence-electron chi connectivity index (χ2n) is 5.36. The highest BCUT2D eigenvalue weighted by Gasteiger charge is 2.20. The first-order chi connectivity index (χ1) is 12.2. The van der Waals surface area contributed by atoms with E-state index < -0.39 is 33.8 Å². The van der Waals surface area contributed by atoms with Gasteiger partial charge in [-0.25, -0.2) is 17.6 Å². The van der Waals surface area contributed by atoms with Crippen molar-refractivity contribution in [3.05, 3.63) is 59.9 Å². The lowest BCUT2D eigenvalue weighted by Gasteiger charge is -2.12. The van der Waals surface area contributed by atoms with E-state index in [1.807, 2.05) is 0 Å². The van der Waals surface area contributed by atoms with E-state index in [0.717, 1.165) is 12.1 Å². The van der Waals surface area contributed by atoms with Crippen molar-refractivity contribution >= 4 is 27.6 Å². The third-order valence-electron chi connectivity index (χ3n) is 3.41. The molecule has 0 aliphatic heterocycles. The van der Waals surface area contributed by atoms with Crippen molar-refractivity contribution in [2.24, 2.45) is 0 Å². The molecule has 2 N–H and O–H groups in total. The fourth-order valence-corrected chi connectivity index (χ4v) is 3.16. The number of hydrogen-bond donors (Lipinski definition) is 2. The first kappa shape index (κ1) is 19.4. The molecule has 0 saturated heterocycles. The number of amides is 1. The zero-order valence-electron chi connectivity index (χ0n) is 14.0. The largest absolute Gasteiger partial charge is 0.467 e. The molecule has 2 rings (SSSR count). The van der Waals surface area contributed by atoms with E-state index in [4.69, 9.17) is 0 Å². The summed E-state index contributed by atoms with van der Waals surface area (Å²) in [5, 5.41) is 2.41. The number of ether oxygens (including phenoxy) is 1. The van der Waals surface area contributed by atoms with Crippen molar-refractivity contribution < 1.29 is 27.1 Å². The predicted molar refractivity (Wildman–Crippen MR) is 92.6 cm³/mol. The monoisotopic (exact) mass is 380 g/mol. The molecule has 0 aromatic heterocycles. The molecule has 1 atom stereocenters. The van der Waals surface area contributed by atoms with Crippen LogP contribution in [-0.4, -0.2) is 33.4 Å². The van der Waals surface area contributed by atoms with Crippen LogP contribution in [0.1, 0.15) is 17.3 Å². The summed E-state index contributed by atoms with van der Waals surface area (Å²) in [7, 11) is -2.78. The molecule has 2 aromatic rings. The maximum Gasteiger partial charge on any atom is 0.328 e. The summed E-state index contributed by atoms with van der Waals surface area (Å²) in [6.45, 7) is 1.44. The molecule has 0 heterocycles. The predicted octanol–water partition coefficient (Wildman–Crippen LogP) is 1.92. The van der Waals surface area contributed by atoms with Gasteiger partial charge in [0.2, 0.25) is 0 Å². The van der Waals surface area contributed by atoms with Gasteiger partial charge in [0.05, 0.1) is 12.0 Å². The smallest absolute Gasteiger partial charge is 0.328 e. The third kappa shape index (κ3) is 4.79. The minimum absolute atomic E-state index is 0.0581. The van der Waals surface area contributed by atoms with Crippen molar-refractivity contribution in [2.75, 3.05) is 11.8 Å². The second-order valence-corrected chi connectivity index (χ2v) is 7.04. The number of carbonyl (C=O) groups is 2. The zero-order chi connectivity index (χ0) is 19.3. The van der Waals surface area contributed by atoms with E-state index in [1.54, 1.807) is 0 Å². The number of carbonyl (C=O) groups excluding carboxylic acids is 2. The first-order valence-corrected chi connectivity index (χ1v) is 8.98. The number of anilines is 1. The number of sulfonamides is 1. The van der Waals surface area contributed by atoms with Gasteiger partial charge in [-0.05, 0) is 49.4 Å². The van der Waals surface area contributed by atoms with Crippen LogP contribution in [0.5, 0.6) is 0 Å². The molecule has 0 saturated carbocycles. The minimum atomic E-state index is -3.98. The van der Waals surface area contributed by atoms with E-state index in [2.05, 4.69) is 14.8 Å². The Morgan fingerprint density at radius 1 is 1.12 bits per heavy atom. The number of halogens is 1. The highest BCUT2D eigenvalue weighted by Crippen LogP contribution is 2.17. The van der Waals surface area contributed by atoms with Crippen molar-refractivity contribution in [3.8, 4) is 0 Å². The van der Waals surface area contributed by atoms with Gasteiger partial charge in [-0.2, -0.15) is 0 Å². The van der Waals surface area contributed by atoms with Gasteiger partial charge < -0.3 is 10.1 Å². The van der Waals surface area contributed by atoms with Crippen LogP contribution in [0.15, 0.2) is 53.4 Å². The zero-order valence-corrected chi connectivity index (χ0v) is 14.8. The summed E-state index contributed by atoms with van der Waals surface area (Å²) < 4.78 is 44.6. The highest BCUT2D eigenvalue weighted by molar-refractivity contribution is 7.92. The Bertz CT molecular complexity index is 913. The molecule has 2 aromatic carbocycles. The molecule has 26 heavy (non-hydrogen) atoms. The molecule has 1 amide bonds. The van der Waals surface area contributed by atoms with Crippen molar-refractivity contribution in [2.45, 2.75) is 17.9 Å². The van der Waals surface area contributed by atoms with Gasteiger partial charge in [0, 0.05) is 11.3 Å². The summed E-state index contributed by atoms with van der Waals surface area (Å²) in [6.07, 6.45) is 0. The highest BCUT2D eigenvalue weighted by atomic mass is 32.2. The van der Waals surface area contributed by atoms with Crippen LogP contribution in [0.2, 0.25) is 0 Å². The molecule has 0 fully saturated rings. The minimum Gasteiger partial charge on any atom is -0.467 e. The Hall–Kier alpha value is -2.94. The number of methoxy groups -OCH3 is 1. The van der Waals surface area contributed by atoms with E-state index in [1.165, 1.54) is 50.4 Å². The topological polar surface area (TPSA) is 102 Å². The average molecular weight is 380 g/mol. The molecule has 1 unspecified atom stereocenters. The standard InChI is InChI=1S/C17H17FN2O5S/c1-11(17(22)25-2)19-16(21)12-4-3-5-15(10-12)26(23,24)20-14-8-6-13(18)7-9-14/h3-11,20H,1-2H3,(H,19,21). The quantitative estimate of drug-likeness (QED) is 0.746. The lowest BCUT2D eigenvalue weighted by molar-refractivity contribution is -0.142. The molecular weight excluding hydrogens is 363 g/mol. The van der Waals surface area contributed by atoms with E-state index >= 15 is 0 Å². The van der Waals surface area contributed by atoms with E-state index in [9.17, 15) is 22.4 Å². The van der Waals surface area contributed by atoms with Crippen LogP contribution in [0, 0.1) is 5.82 Å². The molecule has 0 spiro atoms. The Balaban J connectivity index is 2.20. The fourth-order valence-electron chi connectivity index (χ4n) is 2.05. The number of rotatable bonds is 6. The molecule has 138 valence electrons. The van der Waals surface area contributed by atoms with Crippen molar-refractivity contribution in [3.63, 3.8) is 0 Å². The molecule has 7 nitrogen and oxygen atoms in total. The lowest BCUT2D eigenvalue weighted by atomic mass is 10.2. The average Bonchev–Trinajstić information content (AvgIpc) is 2.62. The molecule has 0 aliphatic rings. The lowest BCUT2D eigenvalue weighted by Crippen LogP contribution is -2.39. The Morgan fingerprint density at radius 3 is 2.38 bits per heavy atom. The van der Waals surface area contributed by atoms with Crippen molar-refractivity contribution in [1.29, 1.82) is 0 Å². The summed E-state index contributed by atoms with van der Waals surface area (Å²) in [5.41, 5.74) is 0.239. The normalized spacial score (nSPS) is 12.1. The molecule has 0 aliphatic carbocycles. The van der Waals surface area contributed by atoms with Gasteiger partial charge in [-0.3, -0.25) is 9.52 Å². The van der Waals surface area contributed by atoms with Crippen LogP contribution in [-0.2, 0) is 19.6 Å². The fraction of sp³-hybridized carbons (Fsp3) is 0.176. The SMILES string of the molecule is COC(=O)C(C)NC(=O)c1cccc(S(=O)(=O)Nc2ccc(F)cc2)c1. The van der Waals surface area contributed by atoms with Gasteiger partial charge >= 0.3 is 5.97 Å². The second kappa shape index (κ2) is 7.96. The molecule has 0 bridgehead atoms. The maximum atomic E-state index is 12.9. The van der Waals surface area contributed by atoms with Gasteiger partial charge in [0.1, 0.15) is 11.9 Å². The van der Waals surface area contributed by atoms with Gasteiger partial charge in [-0.1, -0.05) is 6.07 Å². The van der Waals surface area contributed by atoms with E-state index in [0.29, 0.717) is 0 Å². The van der Waals surface area contributed by atoms with E-state index in [-0.39, 0.29) is 16.1 Å². The van der Waals surface area contributed by atoms with Crippen LogP contribution in [0.3, 0.4) is 0 Å². The summed E-state index contributed by atoms with van der Waals surface area (Å²) in [6, 6.07) is 9.21. The number of benzene rings is 2. The van der Waals surface area contributed by atoms with Crippen LogP contribution in [0.4, 0.5) is 10.1 Å². The van der Waals surface area contributed by atoms with Gasteiger partial charge in [0.25, 0.3) is 15.9 Å². The summed E-state index contributed by atoms with van der Waals surface area (Å²) >= 11 is 0.